The topological polar surface area (TPSA) is 40.5 Å². The number of hydrogen-bond donors (Lipinski definition) is 1. The summed E-state index contributed by atoms with van der Waals surface area (Å²) in [7, 11) is 0. The largest absolute Gasteiger partial charge is 0.478 e. The lowest BCUT2D eigenvalue weighted by Gasteiger charge is -2.36. The number of carbonyl (C=O) groups is 1. The summed E-state index contributed by atoms with van der Waals surface area (Å²) in [5, 5.41) is 9.47. The predicted molar refractivity (Wildman–Crippen MR) is 117 cm³/mol. The zero-order valence-electron chi connectivity index (χ0n) is 17.4. The molecule has 1 N–H and O–H groups in total. The lowest BCUT2D eigenvalue weighted by molar-refractivity contribution is -0.137. The molecule has 168 valence electrons. The van der Waals surface area contributed by atoms with Crippen LogP contribution in [0.5, 0.6) is 0 Å². The van der Waals surface area contributed by atoms with E-state index in [-0.39, 0.29) is 5.37 Å². The Labute approximate surface area is 185 Å². The van der Waals surface area contributed by atoms with E-state index in [1.807, 2.05) is 12.3 Å². The molecule has 2 bridgehead atoms. The van der Waals surface area contributed by atoms with Crippen LogP contribution in [-0.4, -0.2) is 33.6 Å². The van der Waals surface area contributed by atoms with Crippen LogP contribution in [0.3, 0.4) is 0 Å². The minimum absolute atomic E-state index is 0.214. The quantitative estimate of drug-likeness (QED) is 0.494. The first-order valence-corrected chi connectivity index (χ1v) is 12.0. The van der Waals surface area contributed by atoms with Gasteiger partial charge in [0.05, 0.1) is 11.1 Å². The Hall–Kier alpha value is -1.89. The highest BCUT2D eigenvalue weighted by Gasteiger charge is 2.41. The number of carboxylic acid groups (broad SMARTS) is 1. The number of aryl methyl sites for hydroxylation is 1. The van der Waals surface area contributed by atoms with Gasteiger partial charge in [-0.25, -0.2) is 4.79 Å². The van der Waals surface area contributed by atoms with Crippen LogP contribution in [-0.2, 0) is 17.4 Å². The van der Waals surface area contributed by atoms with Gasteiger partial charge >= 0.3 is 12.1 Å². The van der Waals surface area contributed by atoms with Crippen LogP contribution >= 0.6 is 11.8 Å². The van der Waals surface area contributed by atoms with E-state index in [9.17, 15) is 23.1 Å². The first-order chi connectivity index (χ1) is 14.8. The molecule has 0 aromatic heterocycles. The van der Waals surface area contributed by atoms with Crippen LogP contribution in [0.2, 0.25) is 0 Å². The van der Waals surface area contributed by atoms with Crippen molar-refractivity contribution in [3.05, 3.63) is 59.3 Å². The van der Waals surface area contributed by atoms with Crippen molar-refractivity contribution in [2.24, 2.45) is 17.8 Å². The minimum Gasteiger partial charge on any atom is -0.478 e. The smallest absolute Gasteiger partial charge is 0.416 e. The van der Waals surface area contributed by atoms with Gasteiger partial charge in [0.25, 0.3) is 0 Å². The van der Waals surface area contributed by atoms with Crippen molar-refractivity contribution in [1.29, 1.82) is 0 Å². The fourth-order valence-electron chi connectivity index (χ4n) is 5.32. The number of thioether (sulfide) groups is 1. The second kappa shape index (κ2) is 9.31. The van der Waals surface area contributed by atoms with Crippen LogP contribution in [0.4, 0.5) is 13.2 Å². The zero-order valence-corrected chi connectivity index (χ0v) is 18.2. The molecule has 1 aromatic carbocycles. The molecule has 2 fully saturated rings. The normalized spacial score (nSPS) is 27.6. The number of carboxylic acids is 1. The van der Waals surface area contributed by atoms with E-state index in [1.54, 1.807) is 17.8 Å². The summed E-state index contributed by atoms with van der Waals surface area (Å²) in [5.41, 5.74) is 0.641. The molecule has 3 aliphatic rings. The van der Waals surface area contributed by atoms with Crippen molar-refractivity contribution >= 4 is 17.7 Å². The van der Waals surface area contributed by atoms with E-state index in [2.05, 4.69) is 4.90 Å². The van der Waals surface area contributed by atoms with Crippen molar-refractivity contribution in [3.8, 4) is 0 Å². The number of alkyl halides is 3. The number of allylic oxidation sites excluding steroid dienone is 2. The molecule has 31 heavy (non-hydrogen) atoms. The SMILES string of the molecule is O=C(O)C1=CC=CN(CC2CC3CCC2C3)C1SCCCc1ccc(C(F)(F)F)cc1. The molecule has 0 saturated heterocycles. The third-order valence-electron chi connectivity index (χ3n) is 6.86. The first-order valence-electron chi connectivity index (χ1n) is 11.0. The Balaban J connectivity index is 1.32. The Morgan fingerprint density at radius 1 is 1.16 bits per heavy atom. The molecule has 3 nitrogen and oxygen atoms in total. The highest BCUT2D eigenvalue weighted by atomic mass is 32.2. The fraction of sp³-hybridized carbons (Fsp3) is 0.542. The first kappa shape index (κ1) is 22.3. The maximum Gasteiger partial charge on any atom is 0.416 e. The van der Waals surface area contributed by atoms with Crippen LogP contribution in [0, 0.1) is 17.8 Å². The maximum absolute atomic E-state index is 12.7. The molecule has 1 aromatic rings. The molecule has 4 rings (SSSR count). The minimum atomic E-state index is -4.31. The van der Waals surface area contributed by atoms with Crippen molar-refractivity contribution in [1.82, 2.24) is 4.90 Å². The Morgan fingerprint density at radius 3 is 2.55 bits per heavy atom. The summed E-state index contributed by atoms with van der Waals surface area (Å²) in [6.07, 6.45) is 7.91. The van der Waals surface area contributed by atoms with E-state index in [0.717, 1.165) is 48.3 Å². The molecule has 0 spiro atoms. The fourth-order valence-corrected chi connectivity index (χ4v) is 6.56. The molecule has 2 saturated carbocycles. The Kier molecular flexibility index (Phi) is 6.70. The van der Waals surface area contributed by atoms with E-state index in [1.165, 1.54) is 37.8 Å². The van der Waals surface area contributed by atoms with E-state index in [4.69, 9.17) is 0 Å². The molecule has 0 amide bonds. The van der Waals surface area contributed by atoms with Crippen LogP contribution in [0.15, 0.2) is 48.2 Å². The number of nitrogens with zero attached hydrogens (tertiary/aromatic N) is 1. The summed E-state index contributed by atoms with van der Waals surface area (Å²) in [6.45, 7) is 0.902. The van der Waals surface area contributed by atoms with Crippen LogP contribution < -0.4 is 0 Å². The molecule has 2 aliphatic carbocycles. The van der Waals surface area contributed by atoms with Crippen molar-refractivity contribution in [2.45, 2.75) is 50.1 Å². The number of halogens is 3. The summed E-state index contributed by atoms with van der Waals surface area (Å²) >= 11 is 1.62. The molecular formula is C24H28F3NO2S. The van der Waals surface area contributed by atoms with Gasteiger partial charge in [-0.15, -0.1) is 11.8 Å². The summed E-state index contributed by atoms with van der Waals surface area (Å²) in [4.78, 5) is 14.0. The van der Waals surface area contributed by atoms with Gasteiger partial charge < -0.3 is 10.0 Å². The summed E-state index contributed by atoms with van der Waals surface area (Å²) < 4.78 is 38.1. The van der Waals surface area contributed by atoms with E-state index < -0.39 is 17.7 Å². The van der Waals surface area contributed by atoms with E-state index >= 15 is 0 Å². The van der Waals surface area contributed by atoms with Gasteiger partial charge in [-0.05, 0) is 85.5 Å². The molecule has 0 radical (unpaired) electrons. The molecular weight excluding hydrogens is 423 g/mol. The number of aliphatic carboxylic acids is 1. The van der Waals surface area contributed by atoms with Gasteiger partial charge in [0.15, 0.2) is 0 Å². The Bertz CT molecular complexity index is 849. The zero-order chi connectivity index (χ0) is 22.0. The number of fused-ring (bicyclic) bond motifs is 2. The van der Waals surface area contributed by atoms with Gasteiger partial charge in [-0.2, -0.15) is 13.2 Å². The molecule has 1 aliphatic heterocycles. The van der Waals surface area contributed by atoms with Gasteiger partial charge in [-0.3, -0.25) is 0 Å². The second-order valence-electron chi connectivity index (χ2n) is 8.92. The van der Waals surface area contributed by atoms with Crippen LogP contribution in [0.1, 0.15) is 43.2 Å². The maximum atomic E-state index is 12.7. The van der Waals surface area contributed by atoms with Crippen molar-refractivity contribution in [2.75, 3.05) is 12.3 Å². The number of rotatable bonds is 8. The highest BCUT2D eigenvalue weighted by molar-refractivity contribution is 8.00. The lowest BCUT2D eigenvalue weighted by atomic mass is 9.88. The predicted octanol–water partition coefficient (Wildman–Crippen LogP) is 5.97. The molecule has 4 atom stereocenters. The highest BCUT2D eigenvalue weighted by Crippen LogP contribution is 2.49. The number of benzene rings is 1. The van der Waals surface area contributed by atoms with Gasteiger partial charge in [0.2, 0.25) is 0 Å². The van der Waals surface area contributed by atoms with Gasteiger partial charge in [0.1, 0.15) is 5.37 Å². The summed E-state index contributed by atoms with van der Waals surface area (Å²) in [6, 6.07) is 5.30. The van der Waals surface area contributed by atoms with Crippen LogP contribution in [0.25, 0.3) is 0 Å². The van der Waals surface area contributed by atoms with Crippen molar-refractivity contribution in [3.63, 3.8) is 0 Å². The summed E-state index contributed by atoms with van der Waals surface area (Å²) in [5.74, 6) is 2.14. The molecule has 7 heteroatoms. The third-order valence-corrected chi connectivity index (χ3v) is 8.23. The van der Waals surface area contributed by atoms with Gasteiger partial charge in [0, 0.05) is 12.7 Å². The monoisotopic (exact) mass is 451 g/mol. The second-order valence-corrected chi connectivity index (χ2v) is 10.1. The Morgan fingerprint density at radius 2 is 1.94 bits per heavy atom. The molecule has 1 heterocycles. The third kappa shape index (κ3) is 5.30. The van der Waals surface area contributed by atoms with E-state index in [0.29, 0.717) is 17.9 Å². The van der Waals surface area contributed by atoms with Crippen molar-refractivity contribution < 1.29 is 23.1 Å². The van der Waals surface area contributed by atoms with Gasteiger partial charge in [-0.1, -0.05) is 18.6 Å². The molecule has 4 unspecified atom stereocenters. The lowest BCUT2D eigenvalue weighted by Crippen LogP contribution is -2.39. The standard InChI is InChI=1S/C24H28F3NO2S/c25-24(26,27)20-9-6-16(7-10-20)3-2-12-31-22-21(23(29)30)4-1-11-28(22)15-19-14-17-5-8-18(19)13-17/h1,4,6-7,9-11,17-19,22H,2-3,5,8,12-15H2,(H,29,30). The average molecular weight is 452 g/mol. The average Bonchev–Trinajstić information content (AvgIpc) is 3.35. The number of hydrogen-bond acceptors (Lipinski definition) is 3.